The number of fused-ring (bicyclic) bond motifs is 1. The van der Waals surface area contributed by atoms with Crippen LogP contribution in [0.25, 0.3) is 10.8 Å². The van der Waals surface area contributed by atoms with E-state index in [1.807, 2.05) is 49.4 Å². The summed E-state index contributed by atoms with van der Waals surface area (Å²) in [7, 11) is -1.07. The Morgan fingerprint density at radius 3 is 2.39 bits per heavy atom. The fraction of sp³-hybridized carbons (Fsp3) is 0.190. The van der Waals surface area contributed by atoms with E-state index < -0.39 is 10.0 Å². The highest BCUT2D eigenvalue weighted by Gasteiger charge is 2.21. The number of sulfonamides is 1. The van der Waals surface area contributed by atoms with Crippen molar-refractivity contribution in [2.24, 2.45) is 0 Å². The topological polar surface area (TPSA) is 84.5 Å². The second-order valence-corrected chi connectivity index (χ2v) is 8.23. The molecule has 6 nitrogen and oxygen atoms in total. The highest BCUT2D eigenvalue weighted by atomic mass is 32.2. The molecule has 2 N–H and O–H groups in total. The SMILES string of the molecule is CNS(=O)(=O)c1cc(C(=O)NC(C)c2ccc3ccccc3c2)ccc1OC. The summed E-state index contributed by atoms with van der Waals surface area (Å²) in [6.45, 7) is 1.89. The number of amides is 1. The lowest BCUT2D eigenvalue weighted by Crippen LogP contribution is -2.27. The number of benzene rings is 3. The van der Waals surface area contributed by atoms with Gasteiger partial charge in [-0.1, -0.05) is 36.4 Å². The van der Waals surface area contributed by atoms with Crippen LogP contribution in [-0.4, -0.2) is 28.5 Å². The van der Waals surface area contributed by atoms with Crippen LogP contribution < -0.4 is 14.8 Å². The standard InChI is InChI=1S/C21H22N2O4S/c1-14(16-9-8-15-6-4-5-7-17(15)12-16)23-21(24)18-10-11-19(27-3)20(13-18)28(25,26)22-2/h4-14,22H,1-3H3,(H,23,24). The normalized spacial score (nSPS) is 12.5. The Bertz CT molecular complexity index is 1130. The average Bonchev–Trinajstić information content (AvgIpc) is 2.72. The number of methoxy groups -OCH3 is 1. The maximum absolute atomic E-state index is 12.7. The van der Waals surface area contributed by atoms with Crippen LogP contribution in [0.4, 0.5) is 0 Å². The number of hydrogen-bond donors (Lipinski definition) is 2. The maximum Gasteiger partial charge on any atom is 0.251 e. The summed E-state index contributed by atoms with van der Waals surface area (Å²) < 4.78 is 31.8. The molecule has 0 aliphatic rings. The third-order valence-corrected chi connectivity index (χ3v) is 6.04. The van der Waals surface area contributed by atoms with Gasteiger partial charge in [-0.2, -0.15) is 0 Å². The van der Waals surface area contributed by atoms with Gasteiger partial charge in [0.15, 0.2) is 0 Å². The fourth-order valence-electron chi connectivity index (χ4n) is 2.98. The smallest absolute Gasteiger partial charge is 0.251 e. The second kappa shape index (κ2) is 8.00. The predicted octanol–water partition coefficient (Wildman–Crippen LogP) is 3.25. The molecule has 3 rings (SSSR count). The van der Waals surface area contributed by atoms with Gasteiger partial charge in [-0.15, -0.1) is 0 Å². The molecule has 0 spiro atoms. The first-order valence-electron chi connectivity index (χ1n) is 8.77. The molecule has 0 fully saturated rings. The lowest BCUT2D eigenvalue weighted by Gasteiger charge is -2.16. The number of carbonyl (C=O) groups excluding carboxylic acids is 1. The van der Waals surface area contributed by atoms with E-state index in [1.165, 1.54) is 32.4 Å². The van der Waals surface area contributed by atoms with Crippen molar-refractivity contribution >= 4 is 26.7 Å². The van der Waals surface area contributed by atoms with Gasteiger partial charge in [-0.25, -0.2) is 13.1 Å². The van der Waals surface area contributed by atoms with E-state index in [0.29, 0.717) is 0 Å². The molecule has 3 aromatic rings. The number of ether oxygens (including phenoxy) is 1. The van der Waals surface area contributed by atoms with Gasteiger partial charge in [0, 0.05) is 5.56 Å². The maximum atomic E-state index is 12.7. The third-order valence-electron chi connectivity index (χ3n) is 4.61. The first-order chi connectivity index (χ1) is 13.4. The molecule has 28 heavy (non-hydrogen) atoms. The first kappa shape index (κ1) is 19.9. The van der Waals surface area contributed by atoms with Crippen molar-refractivity contribution in [3.05, 3.63) is 71.8 Å². The van der Waals surface area contributed by atoms with E-state index in [-0.39, 0.29) is 28.2 Å². The summed E-state index contributed by atoms with van der Waals surface area (Å²) in [4.78, 5) is 12.6. The zero-order valence-corrected chi connectivity index (χ0v) is 16.7. The van der Waals surface area contributed by atoms with E-state index >= 15 is 0 Å². The third kappa shape index (κ3) is 4.00. The quantitative estimate of drug-likeness (QED) is 0.668. The van der Waals surface area contributed by atoms with E-state index in [0.717, 1.165) is 16.3 Å². The predicted molar refractivity (Wildman–Crippen MR) is 109 cm³/mol. The molecule has 0 aromatic heterocycles. The Morgan fingerprint density at radius 2 is 1.71 bits per heavy atom. The fourth-order valence-corrected chi connectivity index (χ4v) is 3.90. The van der Waals surface area contributed by atoms with Crippen LogP contribution in [-0.2, 0) is 10.0 Å². The van der Waals surface area contributed by atoms with E-state index in [1.54, 1.807) is 0 Å². The van der Waals surface area contributed by atoms with Crippen LogP contribution in [0.2, 0.25) is 0 Å². The molecule has 1 amide bonds. The number of hydrogen-bond acceptors (Lipinski definition) is 4. The highest BCUT2D eigenvalue weighted by Crippen LogP contribution is 2.25. The molecule has 0 bridgehead atoms. The molecule has 0 aliphatic carbocycles. The molecule has 0 saturated carbocycles. The summed E-state index contributed by atoms with van der Waals surface area (Å²) in [5.41, 5.74) is 1.20. The molecule has 0 heterocycles. The van der Waals surface area contributed by atoms with Gasteiger partial charge in [0.1, 0.15) is 10.6 Å². The van der Waals surface area contributed by atoms with Crippen LogP contribution in [0, 0.1) is 0 Å². The van der Waals surface area contributed by atoms with Gasteiger partial charge in [0.05, 0.1) is 13.2 Å². The van der Waals surface area contributed by atoms with Gasteiger partial charge in [-0.3, -0.25) is 4.79 Å². The van der Waals surface area contributed by atoms with Gasteiger partial charge >= 0.3 is 0 Å². The first-order valence-corrected chi connectivity index (χ1v) is 10.2. The zero-order chi connectivity index (χ0) is 20.3. The molecule has 0 aliphatic heterocycles. The van der Waals surface area contributed by atoms with Gasteiger partial charge in [-0.05, 0) is 54.6 Å². The highest BCUT2D eigenvalue weighted by molar-refractivity contribution is 7.89. The minimum Gasteiger partial charge on any atom is -0.495 e. The molecule has 1 unspecified atom stereocenters. The summed E-state index contributed by atoms with van der Waals surface area (Å²) >= 11 is 0. The number of rotatable bonds is 6. The molecule has 146 valence electrons. The Balaban J connectivity index is 1.86. The van der Waals surface area contributed by atoms with Crippen molar-refractivity contribution in [2.45, 2.75) is 17.9 Å². The Morgan fingerprint density at radius 1 is 1.00 bits per heavy atom. The van der Waals surface area contributed by atoms with E-state index in [4.69, 9.17) is 4.74 Å². The lowest BCUT2D eigenvalue weighted by atomic mass is 10.0. The average molecular weight is 398 g/mol. The van der Waals surface area contributed by atoms with Crippen molar-refractivity contribution in [2.75, 3.05) is 14.2 Å². The van der Waals surface area contributed by atoms with Crippen molar-refractivity contribution in [3.63, 3.8) is 0 Å². The van der Waals surface area contributed by atoms with Crippen LogP contribution in [0.15, 0.2) is 65.6 Å². The van der Waals surface area contributed by atoms with Crippen molar-refractivity contribution in [3.8, 4) is 5.75 Å². The molecular formula is C21H22N2O4S. The van der Waals surface area contributed by atoms with Crippen LogP contribution in [0.1, 0.15) is 28.9 Å². The van der Waals surface area contributed by atoms with Gasteiger partial charge < -0.3 is 10.1 Å². The monoisotopic (exact) mass is 398 g/mol. The lowest BCUT2D eigenvalue weighted by molar-refractivity contribution is 0.0939. The molecule has 7 heteroatoms. The Kier molecular flexibility index (Phi) is 5.67. The van der Waals surface area contributed by atoms with Crippen molar-refractivity contribution in [1.29, 1.82) is 0 Å². The summed E-state index contributed by atoms with van der Waals surface area (Å²) in [6, 6.07) is 18.1. The van der Waals surface area contributed by atoms with Gasteiger partial charge in [0.25, 0.3) is 5.91 Å². The second-order valence-electron chi connectivity index (χ2n) is 6.37. The summed E-state index contributed by atoms with van der Waals surface area (Å²) in [5.74, 6) is -0.190. The molecule has 3 aromatic carbocycles. The van der Waals surface area contributed by atoms with E-state index in [9.17, 15) is 13.2 Å². The summed E-state index contributed by atoms with van der Waals surface area (Å²) in [6.07, 6.45) is 0. The van der Waals surface area contributed by atoms with Crippen molar-refractivity contribution < 1.29 is 17.9 Å². The van der Waals surface area contributed by atoms with Crippen LogP contribution in [0.3, 0.4) is 0 Å². The Labute approximate surface area is 164 Å². The van der Waals surface area contributed by atoms with Crippen LogP contribution in [0.5, 0.6) is 5.75 Å². The summed E-state index contributed by atoms with van der Waals surface area (Å²) in [5, 5.41) is 5.13. The number of carbonyl (C=O) groups is 1. The van der Waals surface area contributed by atoms with Gasteiger partial charge in [0.2, 0.25) is 10.0 Å². The Hall–Kier alpha value is -2.90. The largest absolute Gasteiger partial charge is 0.495 e. The van der Waals surface area contributed by atoms with Crippen molar-refractivity contribution in [1.82, 2.24) is 10.0 Å². The van der Waals surface area contributed by atoms with E-state index in [2.05, 4.69) is 10.0 Å². The molecular weight excluding hydrogens is 376 g/mol. The minimum atomic E-state index is -3.76. The van der Waals surface area contributed by atoms with Crippen LogP contribution >= 0.6 is 0 Å². The zero-order valence-electron chi connectivity index (χ0n) is 15.9. The molecule has 0 radical (unpaired) electrons. The molecule has 1 atom stereocenters. The number of nitrogens with one attached hydrogen (secondary N) is 2. The minimum absolute atomic E-state index is 0.0801. The molecule has 0 saturated heterocycles.